The highest BCUT2D eigenvalue weighted by Crippen LogP contribution is 2.29. The second-order valence-corrected chi connectivity index (χ2v) is 7.53. The fourth-order valence-corrected chi connectivity index (χ4v) is 3.45. The van der Waals surface area contributed by atoms with Crippen molar-refractivity contribution in [3.05, 3.63) is 59.9 Å². The van der Waals surface area contributed by atoms with Gasteiger partial charge in [0.05, 0.1) is 18.0 Å². The first kappa shape index (κ1) is 19.0. The average Bonchev–Trinajstić information content (AvgIpc) is 3.12. The molecule has 27 heavy (non-hydrogen) atoms. The summed E-state index contributed by atoms with van der Waals surface area (Å²) >= 11 is 1.35. The Hall–Kier alpha value is -2.80. The largest absolute Gasteiger partial charge is 0.495 e. The second kappa shape index (κ2) is 8.26. The lowest BCUT2D eigenvalue weighted by atomic mass is 10.1. The number of benzene rings is 2. The van der Waals surface area contributed by atoms with E-state index in [0.717, 1.165) is 22.5 Å². The first-order chi connectivity index (χ1) is 13.0. The number of aromatic nitrogens is 3. The van der Waals surface area contributed by atoms with E-state index in [0.29, 0.717) is 10.9 Å². The fourth-order valence-electron chi connectivity index (χ4n) is 2.62. The molecule has 2 aromatic carbocycles. The van der Waals surface area contributed by atoms with E-state index in [1.54, 1.807) is 13.4 Å². The molecule has 1 amide bonds. The first-order valence-electron chi connectivity index (χ1n) is 8.57. The molecule has 6 nitrogen and oxygen atoms in total. The molecule has 140 valence electrons. The van der Waals surface area contributed by atoms with E-state index in [9.17, 15) is 4.79 Å². The third-order valence-corrected chi connectivity index (χ3v) is 5.22. The zero-order chi connectivity index (χ0) is 19.4. The zero-order valence-electron chi connectivity index (χ0n) is 15.8. The maximum atomic E-state index is 12.7. The highest BCUT2D eigenvalue weighted by atomic mass is 32.2. The van der Waals surface area contributed by atoms with Gasteiger partial charge in [0, 0.05) is 5.69 Å². The fraction of sp³-hybridized carbons (Fsp3) is 0.250. The monoisotopic (exact) mass is 382 g/mol. The van der Waals surface area contributed by atoms with Gasteiger partial charge >= 0.3 is 0 Å². The Morgan fingerprint density at radius 3 is 2.78 bits per heavy atom. The van der Waals surface area contributed by atoms with Gasteiger partial charge in [0.25, 0.3) is 0 Å². The van der Waals surface area contributed by atoms with Gasteiger partial charge in [-0.15, -0.1) is 10.2 Å². The van der Waals surface area contributed by atoms with Crippen LogP contribution in [0, 0.1) is 13.8 Å². The van der Waals surface area contributed by atoms with E-state index < -0.39 is 0 Å². The molecular formula is C20H22N4O2S. The standard InChI is InChI=1S/C20H22N4O2S/c1-13-9-10-14(2)16(11-13)22-19(25)15(3)27-20-23-21-12-24(20)17-7-5-6-8-18(17)26-4/h5-12,15H,1-4H3,(H,22,25)/t15-/m1/s1. The lowest BCUT2D eigenvalue weighted by Crippen LogP contribution is -2.23. The molecule has 1 atom stereocenters. The SMILES string of the molecule is COc1ccccc1-n1cnnc1S[C@H](C)C(=O)Nc1cc(C)ccc1C. The minimum absolute atomic E-state index is 0.0803. The van der Waals surface area contributed by atoms with Crippen LogP contribution in [0.15, 0.2) is 53.9 Å². The van der Waals surface area contributed by atoms with Crippen LogP contribution in [0.25, 0.3) is 5.69 Å². The van der Waals surface area contributed by atoms with Gasteiger partial charge in [0.2, 0.25) is 5.91 Å². The van der Waals surface area contributed by atoms with Crippen LogP contribution < -0.4 is 10.1 Å². The molecule has 0 saturated carbocycles. The normalized spacial score (nSPS) is 11.9. The smallest absolute Gasteiger partial charge is 0.237 e. The predicted molar refractivity (Wildman–Crippen MR) is 108 cm³/mol. The van der Waals surface area contributed by atoms with E-state index in [-0.39, 0.29) is 11.2 Å². The Bertz CT molecular complexity index is 955. The third kappa shape index (κ3) is 4.31. The van der Waals surface area contributed by atoms with Gasteiger partial charge in [-0.2, -0.15) is 0 Å². The van der Waals surface area contributed by atoms with Crippen molar-refractivity contribution in [3.8, 4) is 11.4 Å². The summed E-state index contributed by atoms with van der Waals surface area (Å²) in [5.41, 5.74) is 3.80. The van der Waals surface area contributed by atoms with Crippen LogP contribution in [0.5, 0.6) is 5.75 Å². The number of hydrogen-bond donors (Lipinski definition) is 1. The summed E-state index contributed by atoms with van der Waals surface area (Å²) in [4.78, 5) is 12.7. The van der Waals surface area contributed by atoms with Crippen molar-refractivity contribution in [1.82, 2.24) is 14.8 Å². The highest BCUT2D eigenvalue weighted by molar-refractivity contribution is 8.00. The number of methoxy groups -OCH3 is 1. The number of carbonyl (C=O) groups is 1. The van der Waals surface area contributed by atoms with Crippen LogP contribution in [0.4, 0.5) is 5.69 Å². The van der Waals surface area contributed by atoms with Gasteiger partial charge < -0.3 is 10.1 Å². The summed E-state index contributed by atoms with van der Waals surface area (Å²) in [6.45, 7) is 5.83. The maximum absolute atomic E-state index is 12.7. The number of hydrogen-bond acceptors (Lipinski definition) is 5. The molecule has 7 heteroatoms. The first-order valence-corrected chi connectivity index (χ1v) is 9.45. The Kier molecular flexibility index (Phi) is 5.81. The minimum atomic E-state index is -0.345. The van der Waals surface area contributed by atoms with E-state index in [4.69, 9.17) is 4.74 Å². The minimum Gasteiger partial charge on any atom is -0.495 e. The second-order valence-electron chi connectivity index (χ2n) is 6.22. The third-order valence-electron chi connectivity index (χ3n) is 4.16. The Labute approximate surface area is 163 Å². The molecule has 0 bridgehead atoms. The molecule has 0 saturated heterocycles. The Morgan fingerprint density at radius 2 is 2.00 bits per heavy atom. The van der Waals surface area contributed by atoms with Crippen molar-refractivity contribution < 1.29 is 9.53 Å². The number of carbonyl (C=O) groups excluding carboxylic acids is 1. The maximum Gasteiger partial charge on any atom is 0.237 e. The van der Waals surface area contributed by atoms with E-state index in [1.807, 2.05) is 67.8 Å². The van der Waals surface area contributed by atoms with Crippen molar-refractivity contribution in [2.45, 2.75) is 31.2 Å². The molecule has 0 aliphatic rings. The predicted octanol–water partition coefficient (Wildman–Crippen LogP) is 4.01. The van der Waals surface area contributed by atoms with Gasteiger partial charge in [-0.05, 0) is 50.1 Å². The lowest BCUT2D eigenvalue weighted by Gasteiger charge is -2.15. The lowest BCUT2D eigenvalue weighted by molar-refractivity contribution is -0.115. The van der Waals surface area contributed by atoms with Crippen LogP contribution in [-0.2, 0) is 4.79 Å². The topological polar surface area (TPSA) is 69.0 Å². The Morgan fingerprint density at radius 1 is 1.22 bits per heavy atom. The van der Waals surface area contributed by atoms with Gasteiger partial charge in [0.1, 0.15) is 12.1 Å². The number of thioether (sulfide) groups is 1. The summed E-state index contributed by atoms with van der Waals surface area (Å²) in [7, 11) is 1.62. The highest BCUT2D eigenvalue weighted by Gasteiger charge is 2.20. The van der Waals surface area contributed by atoms with E-state index in [1.165, 1.54) is 11.8 Å². The molecule has 0 fully saturated rings. The molecule has 1 aromatic heterocycles. The quantitative estimate of drug-likeness (QED) is 0.652. The van der Waals surface area contributed by atoms with Crippen molar-refractivity contribution in [2.24, 2.45) is 0 Å². The number of amides is 1. The molecule has 3 aromatic rings. The van der Waals surface area contributed by atoms with Gasteiger partial charge in [-0.25, -0.2) is 0 Å². The number of nitrogens with zero attached hydrogens (tertiary/aromatic N) is 3. The number of anilines is 1. The van der Waals surface area contributed by atoms with Crippen LogP contribution in [0.1, 0.15) is 18.1 Å². The number of aryl methyl sites for hydroxylation is 2. The van der Waals surface area contributed by atoms with Gasteiger partial charge in [-0.1, -0.05) is 36.0 Å². The van der Waals surface area contributed by atoms with Crippen molar-refractivity contribution in [2.75, 3.05) is 12.4 Å². The van der Waals surface area contributed by atoms with E-state index >= 15 is 0 Å². The van der Waals surface area contributed by atoms with Crippen LogP contribution >= 0.6 is 11.8 Å². The summed E-state index contributed by atoms with van der Waals surface area (Å²) < 4.78 is 7.24. The number of rotatable bonds is 6. The van der Waals surface area contributed by atoms with Gasteiger partial charge in [0.15, 0.2) is 5.16 Å². The van der Waals surface area contributed by atoms with Gasteiger partial charge in [-0.3, -0.25) is 9.36 Å². The average molecular weight is 382 g/mol. The number of nitrogens with one attached hydrogen (secondary N) is 1. The molecule has 0 unspecified atom stereocenters. The van der Waals surface area contributed by atoms with Crippen LogP contribution in [0.3, 0.4) is 0 Å². The van der Waals surface area contributed by atoms with Crippen LogP contribution in [-0.4, -0.2) is 33.0 Å². The van der Waals surface area contributed by atoms with Crippen molar-refractivity contribution >= 4 is 23.4 Å². The summed E-state index contributed by atoms with van der Waals surface area (Å²) in [6.07, 6.45) is 1.62. The number of ether oxygens (including phenoxy) is 1. The Balaban J connectivity index is 1.77. The van der Waals surface area contributed by atoms with E-state index in [2.05, 4.69) is 15.5 Å². The molecular weight excluding hydrogens is 360 g/mol. The number of para-hydroxylation sites is 2. The summed E-state index contributed by atoms with van der Waals surface area (Å²) in [6, 6.07) is 13.6. The van der Waals surface area contributed by atoms with Crippen molar-refractivity contribution in [3.63, 3.8) is 0 Å². The molecule has 0 radical (unpaired) electrons. The van der Waals surface area contributed by atoms with Crippen molar-refractivity contribution in [1.29, 1.82) is 0 Å². The molecule has 1 N–H and O–H groups in total. The summed E-state index contributed by atoms with van der Waals surface area (Å²) in [5, 5.41) is 11.5. The molecule has 0 spiro atoms. The van der Waals surface area contributed by atoms with Crippen LogP contribution in [0.2, 0.25) is 0 Å². The molecule has 0 aliphatic heterocycles. The molecule has 0 aliphatic carbocycles. The molecule has 3 rings (SSSR count). The zero-order valence-corrected chi connectivity index (χ0v) is 16.6. The molecule has 1 heterocycles. The summed E-state index contributed by atoms with van der Waals surface area (Å²) in [5.74, 6) is 0.634.